The number of carbonyl (C=O) groups is 1. The molecule has 1 N–H and O–H groups in total. The summed E-state index contributed by atoms with van der Waals surface area (Å²) < 4.78 is 5.55. The number of nitrogens with zero attached hydrogens (tertiary/aromatic N) is 2. The van der Waals surface area contributed by atoms with Crippen molar-refractivity contribution >= 4 is 16.9 Å². The molecule has 2 heterocycles. The zero-order valence-electron chi connectivity index (χ0n) is 13.3. The van der Waals surface area contributed by atoms with Crippen LogP contribution in [0.3, 0.4) is 0 Å². The van der Waals surface area contributed by atoms with Crippen LogP contribution in [0.25, 0.3) is 11.0 Å². The summed E-state index contributed by atoms with van der Waals surface area (Å²) in [5.74, 6) is 2.12. The Balaban J connectivity index is 1.38. The Hall–Kier alpha value is -1.88. The van der Waals surface area contributed by atoms with Crippen molar-refractivity contribution in [2.24, 2.45) is 5.92 Å². The van der Waals surface area contributed by atoms with Crippen molar-refractivity contribution in [3.05, 3.63) is 30.1 Å². The van der Waals surface area contributed by atoms with Gasteiger partial charge < -0.3 is 14.6 Å². The number of imidazole rings is 1. The lowest BCUT2D eigenvalue weighted by atomic mass is 9.97. The summed E-state index contributed by atoms with van der Waals surface area (Å²) >= 11 is 0. The smallest absolute Gasteiger partial charge is 0.248 e. The minimum absolute atomic E-state index is 0.117. The van der Waals surface area contributed by atoms with Gasteiger partial charge in [0.1, 0.15) is 12.4 Å². The molecule has 1 saturated heterocycles. The molecule has 4 rings (SSSR count). The molecule has 1 aliphatic heterocycles. The Kier molecular flexibility index (Phi) is 4.04. The zero-order chi connectivity index (χ0) is 15.6. The van der Waals surface area contributed by atoms with Gasteiger partial charge in [-0.3, -0.25) is 4.79 Å². The van der Waals surface area contributed by atoms with Crippen LogP contribution in [0, 0.1) is 5.92 Å². The van der Waals surface area contributed by atoms with E-state index in [2.05, 4.69) is 4.98 Å². The van der Waals surface area contributed by atoms with Crippen LogP contribution in [0.15, 0.2) is 24.3 Å². The van der Waals surface area contributed by atoms with Crippen molar-refractivity contribution < 1.29 is 9.53 Å². The van der Waals surface area contributed by atoms with E-state index in [0.717, 1.165) is 49.4 Å². The first-order valence-electron chi connectivity index (χ1n) is 8.60. The number of nitrogens with one attached hydrogen (secondary N) is 1. The molecular weight excluding hydrogens is 290 g/mol. The Morgan fingerprint density at radius 1 is 1.30 bits per heavy atom. The number of aromatic amines is 1. The van der Waals surface area contributed by atoms with E-state index in [-0.39, 0.29) is 12.5 Å². The molecule has 122 valence electrons. The van der Waals surface area contributed by atoms with E-state index in [1.807, 2.05) is 29.2 Å². The van der Waals surface area contributed by atoms with Crippen molar-refractivity contribution in [1.82, 2.24) is 14.9 Å². The third kappa shape index (κ3) is 3.39. The maximum atomic E-state index is 12.3. The van der Waals surface area contributed by atoms with Crippen LogP contribution in [0.2, 0.25) is 0 Å². The second kappa shape index (κ2) is 6.32. The molecule has 5 nitrogen and oxygen atoms in total. The Labute approximate surface area is 136 Å². The first-order valence-corrected chi connectivity index (χ1v) is 8.60. The van der Waals surface area contributed by atoms with Gasteiger partial charge in [0.15, 0.2) is 0 Å². The van der Waals surface area contributed by atoms with Gasteiger partial charge in [-0.15, -0.1) is 0 Å². The van der Waals surface area contributed by atoms with Gasteiger partial charge >= 0.3 is 0 Å². The molecule has 1 aromatic heterocycles. The number of carbonyl (C=O) groups excluding carboxylic acids is 1. The third-order valence-corrected chi connectivity index (χ3v) is 4.84. The number of hydrogen-bond donors (Lipinski definition) is 1. The molecule has 2 aliphatic rings. The fraction of sp³-hybridized carbons (Fsp3) is 0.556. The Morgan fingerprint density at radius 2 is 2.17 bits per heavy atom. The van der Waals surface area contributed by atoms with Gasteiger partial charge in [0.2, 0.25) is 5.91 Å². The zero-order valence-corrected chi connectivity index (χ0v) is 13.3. The molecular formula is C18H23N3O2. The summed E-state index contributed by atoms with van der Waals surface area (Å²) in [5.41, 5.74) is 2.07. The van der Waals surface area contributed by atoms with E-state index in [1.165, 1.54) is 12.8 Å². The van der Waals surface area contributed by atoms with Crippen LogP contribution in [-0.4, -0.2) is 47.1 Å². The van der Waals surface area contributed by atoms with Crippen molar-refractivity contribution in [3.8, 4) is 0 Å². The largest absolute Gasteiger partial charge is 0.371 e. The van der Waals surface area contributed by atoms with Gasteiger partial charge in [0.25, 0.3) is 0 Å². The summed E-state index contributed by atoms with van der Waals surface area (Å²) in [6.07, 6.45) is 4.61. The van der Waals surface area contributed by atoms with Crippen LogP contribution in [0.4, 0.5) is 0 Å². The SMILES string of the molecule is O=C(COCC1CC1)N1CCC[C@@H](c2nc3ccccc3[nH]2)C1. The molecule has 0 unspecified atom stereocenters. The number of rotatable bonds is 5. The number of aromatic nitrogens is 2. The number of hydrogen-bond acceptors (Lipinski definition) is 3. The van der Waals surface area contributed by atoms with Crippen LogP contribution in [-0.2, 0) is 9.53 Å². The molecule has 23 heavy (non-hydrogen) atoms. The molecule has 1 saturated carbocycles. The standard InChI is InChI=1S/C18H23N3O2/c22-17(12-23-11-13-7-8-13)21-9-3-4-14(10-21)18-19-15-5-1-2-6-16(15)20-18/h1-2,5-6,13-14H,3-4,7-12H2,(H,19,20)/t14-/m1/s1. The quantitative estimate of drug-likeness (QED) is 0.923. The first-order chi connectivity index (χ1) is 11.3. The molecule has 2 fully saturated rings. The second-order valence-corrected chi connectivity index (χ2v) is 6.78. The summed E-state index contributed by atoms with van der Waals surface area (Å²) in [6.45, 7) is 2.55. The lowest BCUT2D eigenvalue weighted by molar-refractivity contribution is -0.137. The Morgan fingerprint density at radius 3 is 3.00 bits per heavy atom. The van der Waals surface area contributed by atoms with Crippen molar-refractivity contribution in [1.29, 1.82) is 0 Å². The second-order valence-electron chi connectivity index (χ2n) is 6.78. The number of H-pyrrole nitrogens is 1. The number of para-hydroxylation sites is 2. The van der Waals surface area contributed by atoms with Crippen LogP contribution in [0.5, 0.6) is 0 Å². The van der Waals surface area contributed by atoms with Crippen LogP contribution in [0.1, 0.15) is 37.4 Å². The lowest BCUT2D eigenvalue weighted by Gasteiger charge is -2.31. The number of benzene rings is 1. The fourth-order valence-electron chi connectivity index (χ4n) is 3.28. The van der Waals surface area contributed by atoms with Crippen molar-refractivity contribution in [3.63, 3.8) is 0 Å². The highest BCUT2D eigenvalue weighted by molar-refractivity contribution is 5.78. The highest BCUT2D eigenvalue weighted by Gasteiger charge is 2.27. The highest BCUT2D eigenvalue weighted by atomic mass is 16.5. The summed E-state index contributed by atoms with van der Waals surface area (Å²) in [7, 11) is 0. The minimum Gasteiger partial charge on any atom is -0.371 e. The molecule has 1 aliphatic carbocycles. The van der Waals surface area contributed by atoms with E-state index in [0.29, 0.717) is 11.8 Å². The molecule has 1 amide bonds. The number of likely N-dealkylation sites (tertiary alicyclic amines) is 1. The average molecular weight is 313 g/mol. The minimum atomic E-state index is 0.117. The van der Waals surface area contributed by atoms with E-state index in [9.17, 15) is 4.79 Å². The monoisotopic (exact) mass is 313 g/mol. The molecule has 5 heteroatoms. The van der Waals surface area contributed by atoms with Gasteiger partial charge in [-0.05, 0) is 43.7 Å². The molecule has 2 aromatic rings. The summed E-state index contributed by atoms with van der Waals surface area (Å²) in [6, 6.07) is 8.08. The number of piperidine rings is 1. The van der Waals surface area contributed by atoms with Gasteiger partial charge in [0, 0.05) is 19.0 Å². The number of fused-ring (bicyclic) bond motifs is 1. The Bertz CT molecular complexity index is 659. The summed E-state index contributed by atoms with van der Waals surface area (Å²) in [4.78, 5) is 22.4. The average Bonchev–Trinajstić information content (AvgIpc) is 3.30. The molecule has 1 aromatic carbocycles. The van der Waals surface area contributed by atoms with Gasteiger partial charge in [-0.25, -0.2) is 4.98 Å². The van der Waals surface area contributed by atoms with Crippen molar-refractivity contribution in [2.75, 3.05) is 26.3 Å². The van der Waals surface area contributed by atoms with E-state index in [4.69, 9.17) is 9.72 Å². The van der Waals surface area contributed by atoms with Crippen LogP contribution >= 0.6 is 0 Å². The first kappa shape index (κ1) is 14.7. The van der Waals surface area contributed by atoms with Crippen molar-refractivity contribution in [2.45, 2.75) is 31.6 Å². The number of amides is 1. The predicted molar refractivity (Wildman–Crippen MR) is 88.2 cm³/mol. The van der Waals surface area contributed by atoms with Crippen LogP contribution < -0.4 is 0 Å². The predicted octanol–water partition coefficient (Wildman–Crippen LogP) is 2.70. The maximum Gasteiger partial charge on any atom is 0.248 e. The van der Waals surface area contributed by atoms with Gasteiger partial charge in [0.05, 0.1) is 17.6 Å². The fourth-order valence-corrected chi connectivity index (χ4v) is 3.28. The van der Waals surface area contributed by atoms with E-state index >= 15 is 0 Å². The molecule has 0 radical (unpaired) electrons. The normalized spacial score (nSPS) is 21.7. The molecule has 0 spiro atoms. The maximum absolute atomic E-state index is 12.3. The highest BCUT2D eigenvalue weighted by Crippen LogP contribution is 2.29. The topological polar surface area (TPSA) is 58.2 Å². The van der Waals surface area contributed by atoms with E-state index in [1.54, 1.807) is 0 Å². The molecule has 1 atom stereocenters. The van der Waals surface area contributed by atoms with Gasteiger partial charge in [-0.2, -0.15) is 0 Å². The molecule has 0 bridgehead atoms. The van der Waals surface area contributed by atoms with Gasteiger partial charge in [-0.1, -0.05) is 12.1 Å². The summed E-state index contributed by atoms with van der Waals surface area (Å²) in [5, 5.41) is 0. The third-order valence-electron chi connectivity index (χ3n) is 4.84. The van der Waals surface area contributed by atoms with E-state index < -0.39 is 0 Å². The lowest BCUT2D eigenvalue weighted by Crippen LogP contribution is -2.41. The number of ether oxygens (including phenoxy) is 1.